The van der Waals surface area contributed by atoms with Crippen LogP contribution in [0.25, 0.3) is 0 Å². The molecule has 1 amide bonds. The van der Waals surface area contributed by atoms with Gasteiger partial charge in [0, 0.05) is 45.8 Å². The molecule has 134 valence electrons. The van der Waals surface area contributed by atoms with Crippen molar-refractivity contribution in [1.82, 2.24) is 24.2 Å². The molecule has 1 aliphatic heterocycles. The predicted molar refractivity (Wildman–Crippen MR) is 94.8 cm³/mol. The smallest absolute Gasteiger partial charge is 0.345 e. The molecule has 1 atom stereocenters. The Morgan fingerprint density at radius 3 is 2.96 bits per heavy atom. The summed E-state index contributed by atoms with van der Waals surface area (Å²) >= 11 is 0. The molecule has 1 saturated heterocycles. The summed E-state index contributed by atoms with van der Waals surface area (Å²) in [5.41, 5.74) is 0.463. The van der Waals surface area contributed by atoms with Gasteiger partial charge in [-0.2, -0.15) is 5.10 Å². The van der Waals surface area contributed by atoms with E-state index in [0.717, 1.165) is 18.7 Å². The van der Waals surface area contributed by atoms with Gasteiger partial charge in [-0.3, -0.25) is 9.36 Å². The summed E-state index contributed by atoms with van der Waals surface area (Å²) in [6, 6.07) is 3.55. The quantitative estimate of drug-likeness (QED) is 0.896. The fourth-order valence-electron chi connectivity index (χ4n) is 3.44. The normalized spacial score (nSPS) is 17.6. The maximum Gasteiger partial charge on any atom is 0.345 e. The zero-order chi connectivity index (χ0) is 18.0. The molecule has 25 heavy (non-hydrogen) atoms. The van der Waals surface area contributed by atoms with E-state index in [9.17, 15) is 9.59 Å². The van der Waals surface area contributed by atoms with Crippen molar-refractivity contribution in [3.8, 4) is 0 Å². The Balaban J connectivity index is 1.85. The second kappa shape index (κ2) is 7.08. The van der Waals surface area contributed by atoms with Crippen LogP contribution < -0.4 is 11.0 Å². The molecule has 3 heterocycles. The first-order chi connectivity index (χ1) is 12.1. The third-order valence-electron chi connectivity index (χ3n) is 4.70. The van der Waals surface area contributed by atoms with E-state index < -0.39 is 0 Å². The average Bonchev–Trinajstić information content (AvgIpc) is 2.95. The summed E-state index contributed by atoms with van der Waals surface area (Å²) in [6.45, 7) is 3.79. The minimum Gasteiger partial charge on any atom is -0.372 e. The first kappa shape index (κ1) is 17.2. The minimum absolute atomic E-state index is 0.0384. The summed E-state index contributed by atoms with van der Waals surface area (Å²) in [5, 5.41) is 7.38. The molecular formula is C17H24N6O2. The molecule has 3 rings (SSSR count). The summed E-state index contributed by atoms with van der Waals surface area (Å²) in [7, 11) is 3.42. The van der Waals surface area contributed by atoms with Gasteiger partial charge in [0.05, 0.1) is 5.56 Å². The van der Waals surface area contributed by atoms with Crippen LogP contribution in [0.2, 0.25) is 0 Å². The van der Waals surface area contributed by atoms with Gasteiger partial charge in [0.2, 0.25) is 0 Å². The van der Waals surface area contributed by atoms with Gasteiger partial charge in [-0.15, -0.1) is 0 Å². The molecule has 0 bridgehead atoms. The van der Waals surface area contributed by atoms with Crippen molar-refractivity contribution in [3.63, 3.8) is 0 Å². The fraction of sp³-hybridized carbons (Fsp3) is 0.529. The van der Waals surface area contributed by atoms with Crippen molar-refractivity contribution in [2.75, 3.05) is 25.5 Å². The lowest BCUT2D eigenvalue weighted by molar-refractivity contribution is 0.0703. The van der Waals surface area contributed by atoms with Crippen LogP contribution in [-0.4, -0.2) is 50.3 Å². The van der Waals surface area contributed by atoms with Crippen LogP contribution in [0.5, 0.6) is 0 Å². The van der Waals surface area contributed by atoms with E-state index in [1.54, 1.807) is 37.0 Å². The average molecular weight is 344 g/mol. The highest BCUT2D eigenvalue weighted by Gasteiger charge is 2.30. The van der Waals surface area contributed by atoms with E-state index >= 15 is 0 Å². The third-order valence-corrected chi connectivity index (χ3v) is 4.70. The van der Waals surface area contributed by atoms with Crippen LogP contribution >= 0.6 is 0 Å². The lowest BCUT2D eigenvalue weighted by Crippen LogP contribution is -2.40. The molecule has 1 N–H and O–H groups in total. The number of aromatic nitrogens is 4. The van der Waals surface area contributed by atoms with E-state index in [2.05, 4.69) is 15.4 Å². The lowest BCUT2D eigenvalue weighted by atomic mass is 9.96. The second-order valence-corrected chi connectivity index (χ2v) is 6.25. The summed E-state index contributed by atoms with van der Waals surface area (Å²) in [4.78, 5) is 31.1. The molecule has 8 nitrogen and oxygen atoms in total. The van der Waals surface area contributed by atoms with Crippen LogP contribution in [0, 0.1) is 0 Å². The van der Waals surface area contributed by atoms with Crippen molar-refractivity contribution >= 4 is 11.7 Å². The van der Waals surface area contributed by atoms with Crippen molar-refractivity contribution in [3.05, 3.63) is 40.2 Å². The predicted octanol–water partition coefficient (Wildman–Crippen LogP) is 1.06. The van der Waals surface area contributed by atoms with Gasteiger partial charge >= 0.3 is 5.69 Å². The summed E-state index contributed by atoms with van der Waals surface area (Å²) in [6.07, 6.45) is 3.47. The number of likely N-dealkylation sites (tertiary alicyclic amines) is 1. The van der Waals surface area contributed by atoms with Gasteiger partial charge in [-0.25, -0.2) is 14.5 Å². The Hall–Kier alpha value is -2.64. The van der Waals surface area contributed by atoms with Crippen molar-refractivity contribution in [1.29, 1.82) is 0 Å². The highest BCUT2D eigenvalue weighted by Crippen LogP contribution is 2.27. The Morgan fingerprint density at radius 1 is 1.44 bits per heavy atom. The van der Waals surface area contributed by atoms with Gasteiger partial charge in [0.1, 0.15) is 11.6 Å². The summed E-state index contributed by atoms with van der Waals surface area (Å²) < 4.78 is 3.07. The lowest BCUT2D eigenvalue weighted by Gasteiger charge is -2.32. The molecule has 0 spiro atoms. The first-order valence-corrected chi connectivity index (χ1v) is 8.62. The number of carbonyl (C=O) groups excluding carboxylic acids is 1. The maximum absolute atomic E-state index is 12.9. The van der Waals surface area contributed by atoms with E-state index in [1.165, 1.54) is 4.68 Å². The zero-order valence-corrected chi connectivity index (χ0v) is 14.9. The minimum atomic E-state index is -0.106. The number of piperidine rings is 1. The first-order valence-electron chi connectivity index (χ1n) is 8.62. The molecule has 1 fully saturated rings. The molecule has 1 aliphatic rings. The van der Waals surface area contributed by atoms with Gasteiger partial charge in [0.25, 0.3) is 5.91 Å². The van der Waals surface area contributed by atoms with Gasteiger partial charge in [0.15, 0.2) is 0 Å². The Bertz CT molecular complexity index is 825. The van der Waals surface area contributed by atoms with Crippen molar-refractivity contribution < 1.29 is 4.79 Å². The van der Waals surface area contributed by atoms with E-state index in [-0.39, 0.29) is 17.5 Å². The number of rotatable bonds is 4. The molecule has 0 radical (unpaired) electrons. The molecule has 2 aromatic heterocycles. The molecule has 0 saturated carbocycles. The van der Waals surface area contributed by atoms with Gasteiger partial charge in [-0.05, 0) is 31.9 Å². The van der Waals surface area contributed by atoms with Crippen LogP contribution in [0.4, 0.5) is 5.82 Å². The van der Waals surface area contributed by atoms with Crippen LogP contribution in [-0.2, 0) is 13.6 Å². The highest BCUT2D eigenvalue weighted by molar-refractivity contribution is 5.98. The second-order valence-electron chi connectivity index (χ2n) is 6.25. The number of nitrogens with one attached hydrogen (secondary N) is 1. The Labute approximate surface area is 146 Å². The van der Waals surface area contributed by atoms with Crippen molar-refractivity contribution in [2.24, 2.45) is 7.05 Å². The van der Waals surface area contributed by atoms with E-state index in [4.69, 9.17) is 0 Å². The number of carbonyl (C=O) groups is 1. The molecular weight excluding hydrogens is 320 g/mol. The number of anilines is 1. The number of amides is 1. The number of aryl methyl sites for hydroxylation is 1. The highest BCUT2D eigenvalue weighted by atomic mass is 16.2. The van der Waals surface area contributed by atoms with Crippen LogP contribution in [0.15, 0.2) is 23.1 Å². The topological polar surface area (TPSA) is 85.1 Å². The molecule has 8 heteroatoms. The number of hydrogen-bond acceptors (Lipinski definition) is 5. The molecule has 0 unspecified atom stereocenters. The zero-order valence-electron chi connectivity index (χ0n) is 14.9. The largest absolute Gasteiger partial charge is 0.372 e. The van der Waals surface area contributed by atoms with E-state index in [0.29, 0.717) is 31.0 Å². The van der Waals surface area contributed by atoms with Crippen molar-refractivity contribution in [2.45, 2.75) is 32.2 Å². The van der Waals surface area contributed by atoms with Crippen LogP contribution in [0.3, 0.4) is 0 Å². The van der Waals surface area contributed by atoms with Gasteiger partial charge in [-0.1, -0.05) is 0 Å². The number of nitrogens with zero attached hydrogens (tertiary/aromatic N) is 5. The SMILES string of the molecule is CCn1c([C@H]2CCCN(C(=O)c3cccnc3NC)C2)nn(C)c1=O. The molecule has 0 aliphatic carbocycles. The maximum atomic E-state index is 12.9. The third kappa shape index (κ3) is 3.16. The number of hydrogen-bond donors (Lipinski definition) is 1. The molecule has 0 aromatic carbocycles. The number of pyridine rings is 1. The standard InChI is InChI=1S/C17H24N6O2/c1-4-23-15(20-21(3)17(23)25)12-7-6-10-22(11-12)16(24)13-8-5-9-19-14(13)18-2/h5,8-9,12H,4,6-7,10-11H2,1-3H3,(H,18,19)/t12-/m0/s1. The fourth-order valence-corrected chi connectivity index (χ4v) is 3.44. The Morgan fingerprint density at radius 2 is 2.24 bits per heavy atom. The van der Waals surface area contributed by atoms with E-state index in [1.807, 2.05) is 11.8 Å². The summed E-state index contributed by atoms with van der Waals surface area (Å²) in [5.74, 6) is 1.38. The van der Waals surface area contributed by atoms with Gasteiger partial charge < -0.3 is 10.2 Å². The monoisotopic (exact) mass is 344 g/mol. The Kier molecular flexibility index (Phi) is 4.87. The molecule has 2 aromatic rings. The van der Waals surface area contributed by atoms with Crippen LogP contribution in [0.1, 0.15) is 41.9 Å².